The average Bonchev–Trinajstić information content (AvgIpc) is 3.03. The number of alkyl halides is 3. The lowest BCUT2D eigenvalue weighted by molar-refractivity contribution is -0.141. The van der Waals surface area contributed by atoms with Crippen LogP contribution in [0, 0.1) is 17.2 Å². The normalized spacial score (nSPS) is 13.5. The van der Waals surface area contributed by atoms with E-state index in [-0.39, 0.29) is 33.6 Å². The Hall–Kier alpha value is -3.00. The van der Waals surface area contributed by atoms with Gasteiger partial charge in [0, 0.05) is 13.2 Å². The van der Waals surface area contributed by atoms with E-state index in [1.165, 1.54) is 23.8 Å². The summed E-state index contributed by atoms with van der Waals surface area (Å²) in [7, 11) is -2.23. The molecule has 0 fully saturated rings. The van der Waals surface area contributed by atoms with E-state index < -0.39 is 27.6 Å². The zero-order chi connectivity index (χ0) is 23.1. The van der Waals surface area contributed by atoms with Crippen LogP contribution in [0.3, 0.4) is 0 Å². The Morgan fingerprint density at radius 2 is 1.87 bits per heavy atom. The fourth-order valence-corrected chi connectivity index (χ4v) is 4.32. The third kappa shape index (κ3) is 4.12. The van der Waals surface area contributed by atoms with Crippen molar-refractivity contribution in [1.82, 2.24) is 19.5 Å². The number of hydrogen-bond acceptors (Lipinski definition) is 6. The Morgan fingerprint density at radius 1 is 1.19 bits per heavy atom. The summed E-state index contributed by atoms with van der Waals surface area (Å²) in [4.78, 5) is 11.8. The van der Waals surface area contributed by atoms with Crippen LogP contribution in [0.25, 0.3) is 22.6 Å². The molecule has 3 rings (SSSR count). The molecule has 164 valence electrons. The van der Waals surface area contributed by atoms with E-state index >= 15 is 0 Å². The molecule has 0 saturated heterocycles. The van der Waals surface area contributed by atoms with E-state index in [4.69, 9.17) is 0 Å². The number of pyridine rings is 2. The summed E-state index contributed by atoms with van der Waals surface area (Å²) in [6.45, 7) is 5.16. The van der Waals surface area contributed by atoms with E-state index in [0.717, 1.165) is 12.3 Å². The van der Waals surface area contributed by atoms with Gasteiger partial charge >= 0.3 is 6.18 Å². The van der Waals surface area contributed by atoms with Crippen LogP contribution in [0.4, 0.5) is 13.2 Å². The highest BCUT2D eigenvalue weighted by Crippen LogP contribution is 2.34. The fourth-order valence-electron chi connectivity index (χ4n) is 3.25. The predicted octanol–water partition coefficient (Wildman–Crippen LogP) is 4.11. The van der Waals surface area contributed by atoms with E-state index in [1.807, 2.05) is 13.8 Å². The first-order valence-corrected chi connectivity index (χ1v) is 11.1. The molecule has 1 unspecified atom stereocenters. The molecular formula is C20H20F3N5O2S. The van der Waals surface area contributed by atoms with Gasteiger partial charge in [-0.1, -0.05) is 20.8 Å². The second-order valence-corrected chi connectivity index (χ2v) is 9.67. The van der Waals surface area contributed by atoms with Gasteiger partial charge in [0.15, 0.2) is 15.7 Å². The number of nitriles is 1. The zero-order valence-corrected chi connectivity index (χ0v) is 18.1. The topological polar surface area (TPSA) is 102 Å². The molecule has 0 saturated carbocycles. The Bertz CT molecular complexity index is 1290. The highest BCUT2D eigenvalue weighted by molar-refractivity contribution is 7.91. The van der Waals surface area contributed by atoms with E-state index in [9.17, 15) is 26.9 Å². The SMILES string of the molecule is CCS(=O)(=O)c1cc(C(C#N)C(C)C)cnc1-c1nc2cc(C(F)(F)F)ncc2n1C. The largest absolute Gasteiger partial charge is 0.433 e. The van der Waals surface area contributed by atoms with Crippen molar-refractivity contribution in [1.29, 1.82) is 5.26 Å². The predicted molar refractivity (Wildman–Crippen MR) is 108 cm³/mol. The van der Waals surface area contributed by atoms with Crippen LogP contribution in [-0.2, 0) is 23.1 Å². The van der Waals surface area contributed by atoms with Gasteiger partial charge in [0.2, 0.25) is 0 Å². The zero-order valence-electron chi connectivity index (χ0n) is 17.3. The Kier molecular flexibility index (Phi) is 5.80. The van der Waals surface area contributed by atoms with Crippen molar-refractivity contribution < 1.29 is 21.6 Å². The third-order valence-electron chi connectivity index (χ3n) is 5.02. The molecule has 0 aromatic carbocycles. The van der Waals surface area contributed by atoms with E-state index in [2.05, 4.69) is 21.0 Å². The van der Waals surface area contributed by atoms with Crippen molar-refractivity contribution in [2.24, 2.45) is 13.0 Å². The minimum Gasteiger partial charge on any atom is -0.324 e. The summed E-state index contributed by atoms with van der Waals surface area (Å²) in [6, 6.07) is 4.38. The number of hydrogen-bond donors (Lipinski definition) is 0. The minimum atomic E-state index is -4.63. The van der Waals surface area contributed by atoms with Crippen molar-refractivity contribution in [3.63, 3.8) is 0 Å². The van der Waals surface area contributed by atoms with Crippen molar-refractivity contribution in [3.8, 4) is 17.6 Å². The first kappa shape index (κ1) is 22.7. The second kappa shape index (κ2) is 7.92. The molecule has 31 heavy (non-hydrogen) atoms. The van der Waals surface area contributed by atoms with E-state index in [0.29, 0.717) is 11.1 Å². The highest BCUT2D eigenvalue weighted by Gasteiger charge is 2.33. The van der Waals surface area contributed by atoms with Crippen LogP contribution < -0.4 is 0 Å². The molecule has 1 atom stereocenters. The number of fused-ring (bicyclic) bond motifs is 1. The molecule has 3 aromatic heterocycles. The molecule has 11 heteroatoms. The standard InChI is InChI=1S/C20H20F3N5O2S/c1-5-31(29,30)16-6-12(13(8-24)11(2)3)9-26-18(16)19-27-14-7-17(20(21,22)23)25-10-15(14)28(19)4/h6-7,9-11,13H,5H2,1-4H3. The van der Waals surface area contributed by atoms with Crippen LogP contribution in [0.2, 0.25) is 0 Å². The van der Waals surface area contributed by atoms with Crippen molar-refractivity contribution in [2.45, 2.75) is 37.8 Å². The first-order chi connectivity index (χ1) is 14.4. The number of imidazole rings is 1. The lowest BCUT2D eigenvalue weighted by Gasteiger charge is -2.16. The molecule has 0 aliphatic carbocycles. The van der Waals surface area contributed by atoms with Gasteiger partial charge in [-0.2, -0.15) is 18.4 Å². The molecular weight excluding hydrogens is 431 g/mol. The van der Waals surface area contributed by atoms with Gasteiger partial charge in [0.1, 0.15) is 11.4 Å². The number of sulfone groups is 1. The monoisotopic (exact) mass is 451 g/mol. The second-order valence-electron chi connectivity index (χ2n) is 7.42. The van der Waals surface area contributed by atoms with Crippen LogP contribution in [0.1, 0.15) is 37.9 Å². The highest BCUT2D eigenvalue weighted by atomic mass is 32.2. The summed E-state index contributed by atoms with van der Waals surface area (Å²) in [5.74, 6) is -0.759. The van der Waals surface area contributed by atoms with Crippen LogP contribution >= 0.6 is 0 Å². The lowest BCUT2D eigenvalue weighted by atomic mass is 9.91. The number of aryl methyl sites for hydroxylation is 1. The summed E-state index contributed by atoms with van der Waals surface area (Å²) >= 11 is 0. The molecule has 0 spiro atoms. The number of aromatic nitrogens is 4. The van der Waals surface area contributed by atoms with E-state index in [1.54, 1.807) is 7.05 Å². The van der Waals surface area contributed by atoms with Crippen LogP contribution in [0.5, 0.6) is 0 Å². The van der Waals surface area contributed by atoms with Gasteiger partial charge in [0.05, 0.1) is 39.9 Å². The number of halogens is 3. The van der Waals surface area contributed by atoms with Gasteiger partial charge in [-0.15, -0.1) is 0 Å². The molecule has 7 nitrogen and oxygen atoms in total. The van der Waals surface area contributed by atoms with Crippen molar-refractivity contribution in [2.75, 3.05) is 5.75 Å². The molecule has 0 N–H and O–H groups in total. The van der Waals surface area contributed by atoms with Crippen molar-refractivity contribution >= 4 is 20.9 Å². The summed E-state index contributed by atoms with van der Waals surface area (Å²) in [6.07, 6.45) is -2.18. The van der Waals surface area contributed by atoms with Gasteiger partial charge in [-0.25, -0.2) is 18.4 Å². The van der Waals surface area contributed by atoms with Crippen LogP contribution in [0.15, 0.2) is 29.4 Å². The maximum atomic E-state index is 13.0. The number of rotatable bonds is 5. The third-order valence-corrected chi connectivity index (χ3v) is 6.76. The van der Waals surface area contributed by atoms with Crippen LogP contribution in [-0.4, -0.2) is 33.7 Å². The Balaban J connectivity index is 2.28. The summed E-state index contributed by atoms with van der Waals surface area (Å²) in [5, 5.41) is 9.48. The smallest absolute Gasteiger partial charge is 0.324 e. The van der Waals surface area contributed by atoms with Gasteiger partial charge in [0.25, 0.3) is 0 Å². The molecule has 0 aliphatic rings. The maximum Gasteiger partial charge on any atom is 0.433 e. The molecule has 3 heterocycles. The van der Waals surface area contributed by atoms with Gasteiger partial charge in [-0.3, -0.25) is 4.98 Å². The van der Waals surface area contributed by atoms with Crippen molar-refractivity contribution in [3.05, 3.63) is 35.8 Å². The summed E-state index contributed by atoms with van der Waals surface area (Å²) in [5.41, 5.74) is -0.317. The summed E-state index contributed by atoms with van der Waals surface area (Å²) < 4.78 is 66.1. The quantitative estimate of drug-likeness (QED) is 0.579. The molecule has 0 bridgehead atoms. The minimum absolute atomic E-state index is 0.0123. The number of nitrogens with zero attached hydrogens (tertiary/aromatic N) is 5. The lowest BCUT2D eigenvalue weighted by Crippen LogP contribution is -2.12. The average molecular weight is 451 g/mol. The van der Waals surface area contributed by atoms with Gasteiger partial charge < -0.3 is 4.57 Å². The molecule has 0 radical (unpaired) electrons. The molecule has 0 amide bonds. The Labute approximate surface area is 177 Å². The molecule has 0 aliphatic heterocycles. The first-order valence-electron chi connectivity index (χ1n) is 9.43. The maximum absolute atomic E-state index is 13.0. The Morgan fingerprint density at radius 3 is 2.42 bits per heavy atom. The van der Waals surface area contributed by atoms with Gasteiger partial charge in [-0.05, 0) is 23.6 Å². The molecule has 3 aromatic rings. The fraction of sp³-hybridized carbons (Fsp3) is 0.400.